The van der Waals surface area contributed by atoms with Crippen LogP contribution in [0.2, 0.25) is 0 Å². The molecule has 0 fully saturated rings. The first-order chi connectivity index (χ1) is 6.11. The Morgan fingerprint density at radius 1 is 1.54 bits per heavy atom. The molecule has 1 aliphatic heterocycles. The molecule has 0 spiro atoms. The molecule has 1 rings (SSSR count). The third-order valence-electron chi connectivity index (χ3n) is 2.53. The maximum atomic E-state index is 2.29. The number of rotatable bonds is 2. The van der Waals surface area contributed by atoms with Gasteiger partial charge in [-0.15, -0.1) is 0 Å². The SMILES string of the molecule is CC(C)=CCC1=CC=CN(C)C1C. The van der Waals surface area contributed by atoms with Crippen LogP contribution in [0.5, 0.6) is 0 Å². The van der Waals surface area contributed by atoms with Gasteiger partial charge in [-0.2, -0.15) is 0 Å². The van der Waals surface area contributed by atoms with E-state index < -0.39 is 0 Å². The number of hydrogen-bond donors (Lipinski definition) is 0. The molecule has 0 radical (unpaired) electrons. The largest absolute Gasteiger partial charge is 0.374 e. The lowest BCUT2D eigenvalue weighted by Crippen LogP contribution is -2.27. The van der Waals surface area contributed by atoms with E-state index in [1.54, 1.807) is 0 Å². The number of allylic oxidation sites excluding steroid dienone is 4. The van der Waals surface area contributed by atoms with Gasteiger partial charge in [0.05, 0.1) is 0 Å². The Morgan fingerprint density at radius 3 is 2.85 bits per heavy atom. The van der Waals surface area contributed by atoms with Gasteiger partial charge in [0, 0.05) is 13.1 Å². The van der Waals surface area contributed by atoms with Gasteiger partial charge in [0.1, 0.15) is 0 Å². The van der Waals surface area contributed by atoms with E-state index in [1.165, 1.54) is 11.1 Å². The molecule has 0 aromatic carbocycles. The Hall–Kier alpha value is -0.980. The van der Waals surface area contributed by atoms with Crippen molar-refractivity contribution in [3.8, 4) is 0 Å². The molecule has 13 heavy (non-hydrogen) atoms. The van der Waals surface area contributed by atoms with Crippen LogP contribution in [0.25, 0.3) is 0 Å². The summed E-state index contributed by atoms with van der Waals surface area (Å²) >= 11 is 0. The van der Waals surface area contributed by atoms with Crippen molar-refractivity contribution in [3.05, 3.63) is 35.6 Å². The number of nitrogens with zero attached hydrogens (tertiary/aromatic N) is 1. The lowest BCUT2D eigenvalue weighted by Gasteiger charge is -2.28. The van der Waals surface area contributed by atoms with Crippen molar-refractivity contribution in [2.45, 2.75) is 33.2 Å². The van der Waals surface area contributed by atoms with Gasteiger partial charge in [0.2, 0.25) is 0 Å². The molecule has 72 valence electrons. The fraction of sp³-hybridized carbons (Fsp3) is 0.500. The summed E-state index contributed by atoms with van der Waals surface area (Å²) in [5.41, 5.74) is 2.89. The van der Waals surface area contributed by atoms with Gasteiger partial charge < -0.3 is 4.90 Å². The van der Waals surface area contributed by atoms with Crippen molar-refractivity contribution < 1.29 is 0 Å². The van der Waals surface area contributed by atoms with Crippen LogP contribution in [0.15, 0.2) is 35.6 Å². The normalized spacial score (nSPS) is 21.4. The van der Waals surface area contributed by atoms with Crippen molar-refractivity contribution in [1.29, 1.82) is 0 Å². The summed E-state index contributed by atoms with van der Waals surface area (Å²) in [5, 5.41) is 0. The van der Waals surface area contributed by atoms with Gasteiger partial charge in [-0.25, -0.2) is 0 Å². The van der Waals surface area contributed by atoms with Crippen LogP contribution in [0.1, 0.15) is 27.2 Å². The van der Waals surface area contributed by atoms with Crippen molar-refractivity contribution in [2.75, 3.05) is 7.05 Å². The molecule has 1 unspecified atom stereocenters. The molecule has 0 saturated carbocycles. The van der Waals surface area contributed by atoms with E-state index in [2.05, 4.69) is 57.1 Å². The van der Waals surface area contributed by atoms with Crippen molar-refractivity contribution in [1.82, 2.24) is 4.90 Å². The predicted molar refractivity (Wildman–Crippen MR) is 58.5 cm³/mol. The lowest BCUT2D eigenvalue weighted by atomic mass is 10.0. The molecule has 1 atom stereocenters. The third-order valence-corrected chi connectivity index (χ3v) is 2.53. The number of likely N-dealkylation sites (N-methyl/N-ethyl adjacent to an activating group) is 1. The smallest absolute Gasteiger partial charge is 0.0471 e. The monoisotopic (exact) mass is 177 g/mol. The van der Waals surface area contributed by atoms with Crippen LogP contribution in [0.4, 0.5) is 0 Å². The topological polar surface area (TPSA) is 3.24 Å². The van der Waals surface area contributed by atoms with Gasteiger partial charge in [-0.1, -0.05) is 17.7 Å². The molecule has 1 nitrogen and oxygen atoms in total. The van der Waals surface area contributed by atoms with Crippen molar-refractivity contribution >= 4 is 0 Å². The minimum atomic E-state index is 0.542. The van der Waals surface area contributed by atoms with E-state index in [9.17, 15) is 0 Å². The van der Waals surface area contributed by atoms with Gasteiger partial charge in [0.15, 0.2) is 0 Å². The van der Waals surface area contributed by atoms with E-state index >= 15 is 0 Å². The Morgan fingerprint density at radius 2 is 2.23 bits per heavy atom. The molecular formula is C12H19N. The van der Waals surface area contributed by atoms with E-state index in [4.69, 9.17) is 0 Å². The molecule has 1 heterocycles. The average Bonchev–Trinajstić information content (AvgIpc) is 2.07. The van der Waals surface area contributed by atoms with Crippen LogP contribution < -0.4 is 0 Å². The molecule has 0 aromatic rings. The first kappa shape index (κ1) is 10.1. The van der Waals surface area contributed by atoms with Crippen LogP contribution in [-0.4, -0.2) is 18.0 Å². The summed E-state index contributed by atoms with van der Waals surface area (Å²) in [6.07, 6.45) is 9.84. The highest BCUT2D eigenvalue weighted by Crippen LogP contribution is 2.18. The van der Waals surface area contributed by atoms with Crippen molar-refractivity contribution in [2.24, 2.45) is 0 Å². The van der Waals surface area contributed by atoms with E-state index in [1.807, 2.05) is 0 Å². The van der Waals surface area contributed by atoms with E-state index in [0.717, 1.165) is 6.42 Å². The summed E-state index contributed by atoms with van der Waals surface area (Å²) in [6, 6.07) is 0.542. The lowest BCUT2D eigenvalue weighted by molar-refractivity contribution is 0.383. The van der Waals surface area contributed by atoms with Gasteiger partial charge in [-0.3, -0.25) is 0 Å². The van der Waals surface area contributed by atoms with Crippen LogP contribution in [0.3, 0.4) is 0 Å². The highest BCUT2D eigenvalue weighted by Gasteiger charge is 2.12. The second kappa shape index (κ2) is 4.31. The summed E-state index contributed by atoms with van der Waals surface area (Å²) in [5.74, 6) is 0. The van der Waals surface area contributed by atoms with Crippen molar-refractivity contribution in [3.63, 3.8) is 0 Å². The third kappa shape index (κ3) is 2.76. The Balaban J connectivity index is 2.64. The summed E-state index contributed by atoms with van der Waals surface area (Å²) in [7, 11) is 2.12. The molecule has 1 aliphatic rings. The zero-order valence-electron chi connectivity index (χ0n) is 9.04. The number of hydrogen-bond acceptors (Lipinski definition) is 1. The zero-order chi connectivity index (χ0) is 9.84. The minimum absolute atomic E-state index is 0.542. The standard InChI is InChI=1S/C12H19N/c1-10(2)7-8-12-6-5-9-13(4)11(12)3/h5-7,9,11H,8H2,1-4H3. The quantitative estimate of drug-likeness (QED) is 0.586. The zero-order valence-corrected chi connectivity index (χ0v) is 9.04. The van der Waals surface area contributed by atoms with Gasteiger partial charge in [0.25, 0.3) is 0 Å². The molecule has 0 N–H and O–H groups in total. The fourth-order valence-corrected chi connectivity index (χ4v) is 1.39. The molecule has 0 aliphatic carbocycles. The van der Waals surface area contributed by atoms with Crippen LogP contribution in [0, 0.1) is 0 Å². The fourth-order valence-electron chi connectivity index (χ4n) is 1.39. The first-order valence-corrected chi connectivity index (χ1v) is 4.84. The van der Waals surface area contributed by atoms with E-state index in [-0.39, 0.29) is 0 Å². The molecule has 0 bridgehead atoms. The minimum Gasteiger partial charge on any atom is -0.374 e. The van der Waals surface area contributed by atoms with Gasteiger partial charge in [-0.05, 0) is 45.0 Å². The average molecular weight is 177 g/mol. The molecular weight excluding hydrogens is 158 g/mol. The first-order valence-electron chi connectivity index (χ1n) is 4.84. The highest BCUT2D eigenvalue weighted by molar-refractivity contribution is 5.24. The summed E-state index contributed by atoms with van der Waals surface area (Å²) < 4.78 is 0. The summed E-state index contributed by atoms with van der Waals surface area (Å²) in [4.78, 5) is 2.24. The molecule has 1 heteroatoms. The Kier molecular flexibility index (Phi) is 3.35. The Bertz CT molecular complexity index is 254. The molecule has 0 amide bonds. The Labute approximate surface area is 81.4 Å². The van der Waals surface area contributed by atoms with E-state index in [0.29, 0.717) is 6.04 Å². The second-order valence-corrected chi connectivity index (χ2v) is 3.91. The predicted octanol–water partition coefficient (Wildman–Crippen LogP) is 3.12. The maximum Gasteiger partial charge on any atom is 0.0471 e. The molecule has 0 aromatic heterocycles. The van der Waals surface area contributed by atoms with Gasteiger partial charge >= 0.3 is 0 Å². The summed E-state index contributed by atoms with van der Waals surface area (Å²) in [6.45, 7) is 6.54. The maximum absolute atomic E-state index is 2.29. The molecule has 0 saturated heterocycles. The van der Waals surface area contributed by atoms with Crippen LogP contribution in [-0.2, 0) is 0 Å². The van der Waals surface area contributed by atoms with Crippen LogP contribution >= 0.6 is 0 Å². The highest BCUT2D eigenvalue weighted by atomic mass is 15.1. The second-order valence-electron chi connectivity index (χ2n) is 3.91.